The van der Waals surface area contributed by atoms with Crippen molar-refractivity contribution in [3.63, 3.8) is 0 Å². The predicted octanol–water partition coefficient (Wildman–Crippen LogP) is 2.28. The minimum absolute atomic E-state index is 0.340. The number of benzene rings is 1. The van der Waals surface area contributed by atoms with E-state index in [1.807, 2.05) is 18.2 Å². The van der Waals surface area contributed by atoms with Gasteiger partial charge in [0.1, 0.15) is 5.75 Å². The number of nitrogens with zero attached hydrogens (tertiary/aromatic N) is 1. The summed E-state index contributed by atoms with van der Waals surface area (Å²) in [6.07, 6.45) is 3.95. The molecule has 1 unspecified atom stereocenters. The van der Waals surface area contributed by atoms with Crippen molar-refractivity contribution in [1.29, 1.82) is 0 Å². The Morgan fingerprint density at radius 1 is 1.44 bits per heavy atom. The lowest BCUT2D eigenvalue weighted by Gasteiger charge is -2.29. The minimum Gasteiger partial charge on any atom is -0.495 e. The third-order valence-electron chi connectivity index (χ3n) is 3.41. The summed E-state index contributed by atoms with van der Waals surface area (Å²) >= 11 is 0. The topological polar surface area (TPSA) is 47.7 Å². The van der Waals surface area contributed by atoms with Crippen LogP contribution in [0.15, 0.2) is 18.2 Å². The van der Waals surface area contributed by atoms with E-state index in [9.17, 15) is 0 Å². The number of ether oxygens (including phenoxy) is 2. The van der Waals surface area contributed by atoms with Crippen molar-refractivity contribution in [1.82, 2.24) is 0 Å². The molecule has 4 heteroatoms. The van der Waals surface area contributed by atoms with Crippen molar-refractivity contribution < 1.29 is 9.47 Å². The molecule has 0 amide bonds. The summed E-state index contributed by atoms with van der Waals surface area (Å²) in [7, 11) is 3.71. The van der Waals surface area contributed by atoms with E-state index < -0.39 is 0 Å². The second-order valence-corrected chi connectivity index (χ2v) is 4.80. The maximum atomic E-state index is 5.82. The molecule has 0 aliphatic carbocycles. The Kier molecular flexibility index (Phi) is 4.31. The van der Waals surface area contributed by atoms with Crippen LogP contribution in [0.1, 0.15) is 19.3 Å². The third-order valence-corrected chi connectivity index (χ3v) is 3.41. The average Bonchev–Trinajstić information content (AvgIpc) is 2.40. The highest BCUT2D eigenvalue weighted by molar-refractivity contribution is 5.62. The standard InChI is InChI=1S/C14H22N2O2/c1-16(10-12-5-3-4-8-18-12)11-6-7-13(15)14(9-11)17-2/h6-7,9,12H,3-5,8,10,15H2,1-2H3. The monoisotopic (exact) mass is 250 g/mol. The zero-order valence-corrected chi connectivity index (χ0v) is 11.2. The maximum Gasteiger partial charge on any atom is 0.143 e. The molecule has 0 radical (unpaired) electrons. The van der Waals surface area contributed by atoms with Gasteiger partial charge in [0, 0.05) is 32.0 Å². The smallest absolute Gasteiger partial charge is 0.143 e. The highest BCUT2D eigenvalue weighted by Crippen LogP contribution is 2.27. The van der Waals surface area contributed by atoms with Crippen LogP contribution in [-0.4, -0.2) is 33.4 Å². The van der Waals surface area contributed by atoms with Crippen LogP contribution in [0.2, 0.25) is 0 Å². The van der Waals surface area contributed by atoms with Crippen LogP contribution >= 0.6 is 0 Å². The van der Waals surface area contributed by atoms with Crippen LogP contribution < -0.4 is 15.4 Å². The summed E-state index contributed by atoms with van der Waals surface area (Å²) in [6, 6.07) is 5.87. The molecule has 1 fully saturated rings. The quantitative estimate of drug-likeness (QED) is 0.833. The summed E-state index contributed by atoms with van der Waals surface area (Å²) < 4.78 is 11.0. The first-order chi connectivity index (χ1) is 8.70. The average molecular weight is 250 g/mol. The van der Waals surface area contributed by atoms with Crippen molar-refractivity contribution in [3.8, 4) is 5.75 Å². The van der Waals surface area contributed by atoms with Gasteiger partial charge in [0.2, 0.25) is 0 Å². The highest BCUT2D eigenvalue weighted by atomic mass is 16.5. The molecular weight excluding hydrogens is 228 g/mol. The summed E-state index contributed by atoms with van der Waals surface area (Å²) in [5.74, 6) is 0.726. The molecule has 0 saturated carbocycles. The van der Waals surface area contributed by atoms with Crippen LogP contribution in [0.3, 0.4) is 0 Å². The first-order valence-electron chi connectivity index (χ1n) is 6.47. The zero-order valence-electron chi connectivity index (χ0n) is 11.2. The first kappa shape index (κ1) is 13.0. The van der Waals surface area contributed by atoms with Crippen molar-refractivity contribution in [2.24, 2.45) is 0 Å². The Labute approximate surface area is 109 Å². The molecule has 1 atom stereocenters. The summed E-state index contributed by atoms with van der Waals surface area (Å²) in [5, 5.41) is 0. The summed E-state index contributed by atoms with van der Waals surface area (Å²) in [5.41, 5.74) is 7.59. The molecule has 1 aromatic carbocycles. The number of methoxy groups -OCH3 is 1. The minimum atomic E-state index is 0.340. The lowest BCUT2D eigenvalue weighted by atomic mass is 10.1. The molecule has 2 rings (SSSR count). The van der Waals surface area contributed by atoms with Gasteiger partial charge in [0.05, 0.1) is 18.9 Å². The Bertz CT molecular complexity index is 389. The lowest BCUT2D eigenvalue weighted by Crippen LogP contribution is -2.33. The van der Waals surface area contributed by atoms with E-state index in [0.29, 0.717) is 11.8 Å². The van der Waals surface area contributed by atoms with Crippen LogP contribution in [0.25, 0.3) is 0 Å². The van der Waals surface area contributed by atoms with Crippen molar-refractivity contribution in [3.05, 3.63) is 18.2 Å². The van der Waals surface area contributed by atoms with Gasteiger partial charge < -0.3 is 20.1 Å². The van der Waals surface area contributed by atoms with Gasteiger partial charge in [-0.25, -0.2) is 0 Å². The van der Waals surface area contributed by atoms with Gasteiger partial charge in [0.25, 0.3) is 0 Å². The fourth-order valence-corrected chi connectivity index (χ4v) is 2.30. The zero-order chi connectivity index (χ0) is 13.0. The van der Waals surface area contributed by atoms with E-state index in [2.05, 4.69) is 11.9 Å². The number of hydrogen-bond acceptors (Lipinski definition) is 4. The number of rotatable bonds is 4. The fourth-order valence-electron chi connectivity index (χ4n) is 2.30. The van der Waals surface area contributed by atoms with Gasteiger partial charge in [-0.15, -0.1) is 0 Å². The van der Waals surface area contributed by atoms with Crippen LogP contribution in [-0.2, 0) is 4.74 Å². The van der Waals surface area contributed by atoms with Gasteiger partial charge in [-0.3, -0.25) is 0 Å². The number of nitrogens with two attached hydrogens (primary N) is 1. The molecule has 0 aromatic heterocycles. The second-order valence-electron chi connectivity index (χ2n) is 4.80. The summed E-state index contributed by atoms with van der Waals surface area (Å²) in [4.78, 5) is 2.19. The van der Waals surface area contributed by atoms with Gasteiger partial charge >= 0.3 is 0 Å². The Morgan fingerprint density at radius 2 is 2.28 bits per heavy atom. The number of likely N-dealkylation sites (N-methyl/N-ethyl adjacent to an activating group) is 1. The molecule has 1 saturated heterocycles. The molecule has 1 aromatic rings. The lowest BCUT2D eigenvalue weighted by molar-refractivity contribution is 0.0216. The molecule has 1 aliphatic heterocycles. The van der Waals surface area contributed by atoms with Crippen LogP contribution in [0.5, 0.6) is 5.75 Å². The first-order valence-corrected chi connectivity index (χ1v) is 6.47. The molecule has 100 valence electrons. The van der Waals surface area contributed by atoms with E-state index in [4.69, 9.17) is 15.2 Å². The molecule has 0 bridgehead atoms. The molecule has 18 heavy (non-hydrogen) atoms. The predicted molar refractivity (Wildman–Crippen MR) is 74.3 cm³/mol. The molecule has 1 heterocycles. The van der Waals surface area contributed by atoms with Crippen molar-refractivity contribution in [2.45, 2.75) is 25.4 Å². The number of hydrogen-bond donors (Lipinski definition) is 1. The molecular formula is C14H22N2O2. The van der Waals surface area contributed by atoms with Crippen molar-refractivity contribution in [2.75, 3.05) is 37.9 Å². The van der Waals surface area contributed by atoms with E-state index in [1.54, 1.807) is 7.11 Å². The maximum absolute atomic E-state index is 5.82. The molecule has 1 aliphatic rings. The molecule has 2 N–H and O–H groups in total. The Balaban J connectivity index is 2.01. The van der Waals surface area contributed by atoms with Crippen LogP contribution in [0, 0.1) is 0 Å². The SMILES string of the molecule is COc1cc(N(C)CC2CCCCO2)ccc1N. The van der Waals surface area contributed by atoms with E-state index in [1.165, 1.54) is 12.8 Å². The van der Waals surface area contributed by atoms with Crippen molar-refractivity contribution >= 4 is 11.4 Å². The largest absolute Gasteiger partial charge is 0.495 e. The number of nitrogen functional groups attached to an aromatic ring is 1. The van der Waals surface area contributed by atoms with E-state index in [-0.39, 0.29) is 0 Å². The third kappa shape index (κ3) is 3.07. The van der Waals surface area contributed by atoms with E-state index in [0.717, 1.165) is 31.0 Å². The molecule has 4 nitrogen and oxygen atoms in total. The van der Waals surface area contributed by atoms with E-state index >= 15 is 0 Å². The Hall–Kier alpha value is -1.42. The molecule has 0 spiro atoms. The summed E-state index contributed by atoms with van der Waals surface area (Å²) in [6.45, 7) is 1.80. The van der Waals surface area contributed by atoms with Gasteiger partial charge in [0.15, 0.2) is 0 Å². The normalized spacial score (nSPS) is 19.6. The fraction of sp³-hybridized carbons (Fsp3) is 0.571. The number of anilines is 2. The van der Waals surface area contributed by atoms with Crippen LogP contribution in [0.4, 0.5) is 11.4 Å². The van der Waals surface area contributed by atoms with Gasteiger partial charge in [-0.05, 0) is 31.4 Å². The second kappa shape index (κ2) is 5.96. The highest BCUT2D eigenvalue weighted by Gasteiger charge is 2.16. The van der Waals surface area contributed by atoms with Gasteiger partial charge in [-0.2, -0.15) is 0 Å². The Morgan fingerprint density at radius 3 is 2.94 bits per heavy atom. The van der Waals surface area contributed by atoms with Gasteiger partial charge in [-0.1, -0.05) is 0 Å².